The number of nitrogens with one attached hydrogen (secondary N) is 1. The van der Waals surface area contributed by atoms with Crippen LogP contribution in [0.3, 0.4) is 0 Å². The molecule has 0 amide bonds. The lowest BCUT2D eigenvalue weighted by Gasteiger charge is -2.05. The Bertz CT molecular complexity index is 491. The molecule has 0 saturated heterocycles. The molecule has 0 bridgehead atoms. The molecule has 92 valence electrons. The summed E-state index contributed by atoms with van der Waals surface area (Å²) in [5, 5.41) is 8.54. The fourth-order valence-corrected chi connectivity index (χ4v) is 2.13. The highest BCUT2D eigenvalue weighted by atomic mass is 32.2. The molecule has 0 aliphatic rings. The van der Waals surface area contributed by atoms with Gasteiger partial charge in [0.05, 0.1) is 0 Å². The highest BCUT2D eigenvalue weighted by Crippen LogP contribution is 2.07. The summed E-state index contributed by atoms with van der Waals surface area (Å²) in [4.78, 5) is 3.75. The van der Waals surface area contributed by atoms with Crippen LogP contribution >= 0.6 is 0 Å². The maximum absolute atomic E-state index is 11.7. The summed E-state index contributed by atoms with van der Waals surface area (Å²) in [5.74, 6) is 0. The molecule has 1 aromatic rings. The molecule has 0 aliphatic heterocycles. The Kier molecular flexibility index (Phi) is 5.03. The van der Waals surface area contributed by atoms with Crippen molar-refractivity contribution in [1.29, 1.82) is 5.26 Å². The average molecular weight is 255 g/mol. The van der Waals surface area contributed by atoms with Crippen molar-refractivity contribution < 1.29 is 13.2 Å². The molecule has 0 radical (unpaired) electrons. The fourth-order valence-electron chi connectivity index (χ4n) is 1.11. The average Bonchev–Trinajstić information content (AvgIpc) is 2.35. The van der Waals surface area contributed by atoms with E-state index in [-0.39, 0.29) is 10.6 Å². The van der Waals surface area contributed by atoms with Crippen LogP contribution in [0.2, 0.25) is 0 Å². The minimum atomic E-state index is -3.54. The number of nitrogens with zero attached hydrogens (tertiary/aromatic N) is 2. The van der Waals surface area contributed by atoms with Crippen molar-refractivity contribution in [2.75, 3.05) is 20.3 Å². The Morgan fingerprint density at radius 1 is 1.53 bits per heavy atom. The predicted molar refractivity (Wildman–Crippen MR) is 60.6 cm³/mol. The standard InChI is InChI=1S/C10H13N3O3S/c1-16-6-2-5-13-17(14,15)10-4-3-9(7-11)12-8-10/h3-4,8,13H,2,5-6H2,1H3. The molecule has 0 saturated carbocycles. The van der Waals surface area contributed by atoms with Gasteiger partial charge in [-0.15, -0.1) is 0 Å². The van der Waals surface area contributed by atoms with Crippen LogP contribution in [0.4, 0.5) is 0 Å². The Morgan fingerprint density at radius 3 is 2.82 bits per heavy atom. The Morgan fingerprint density at radius 2 is 2.29 bits per heavy atom. The largest absolute Gasteiger partial charge is 0.385 e. The van der Waals surface area contributed by atoms with Crippen LogP contribution in [0.5, 0.6) is 0 Å². The minimum absolute atomic E-state index is 0.0499. The summed E-state index contributed by atoms with van der Waals surface area (Å²) < 4.78 is 30.7. The summed E-state index contributed by atoms with van der Waals surface area (Å²) in [5.41, 5.74) is 0.184. The molecule has 0 aromatic carbocycles. The SMILES string of the molecule is COCCCNS(=O)(=O)c1ccc(C#N)nc1. The van der Waals surface area contributed by atoms with E-state index in [4.69, 9.17) is 10.00 Å². The first-order valence-electron chi connectivity index (χ1n) is 4.95. The smallest absolute Gasteiger partial charge is 0.242 e. The molecule has 0 aliphatic carbocycles. The van der Waals surface area contributed by atoms with E-state index in [1.807, 2.05) is 6.07 Å². The Balaban J connectivity index is 2.66. The third-order valence-electron chi connectivity index (χ3n) is 1.98. The second-order valence-electron chi connectivity index (χ2n) is 3.24. The van der Waals surface area contributed by atoms with Gasteiger partial charge in [0.25, 0.3) is 0 Å². The van der Waals surface area contributed by atoms with E-state index < -0.39 is 10.0 Å². The maximum atomic E-state index is 11.7. The van der Waals surface area contributed by atoms with Gasteiger partial charge in [-0.1, -0.05) is 0 Å². The van der Waals surface area contributed by atoms with Crippen LogP contribution in [0.25, 0.3) is 0 Å². The second kappa shape index (κ2) is 6.30. The summed E-state index contributed by atoms with van der Waals surface area (Å²) in [7, 11) is -1.99. The summed E-state index contributed by atoms with van der Waals surface area (Å²) in [6, 6.07) is 4.54. The molecule has 0 spiro atoms. The van der Waals surface area contributed by atoms with Gasteiger partial charge in [-0.05, 0) is 18.6 Å². The minimum Gasteiger partial charge on any atom is -0.385 e. The van der Waals surface area contributed by atoms with Gasteiger partial charge in [0.1, 0.15) is 16.7 Å². The highest BCUT2D eigenvalue weighted by molar-refractivity contribution is 7.89. The van der Waals surface area contributed by atoms with Gasteiger partial charge in [-0.3, -0.25) is 0 Å². The first-order chi connectivity index (χ1) is 8.10. The van der Waals surface area contributed by atoms with E-state index in [0.29, 0.717) is 19.6 Å². The molecule has 17 heavy (non-hydrogen) atoms. The normalized spacial score (nSPS) is 11.1. The van der Waals surface area contributed by atoms with Gasteiger partial charge < -0.3 is 4.74 Å². The first kappa shape index (κ1) is 13.6. The lowest BCUT2D eigenvalue weighted by Crippen LogP contribution is -2.25. The van der Waals surface area contributed by atoms with Gasteiger partial charge >= 0.3 is 0 Å². The lowest BCUT2D eigenvalue weighted by atomic mass is 10.4. The van der Waals surface area contributed by atoms with E-state index >= 15 is 0 Å². The molecule has 7 heteroatoms. The van der Waals surface area contributed by atoms with Crippen molar-refractivity contribution in [1.82, 2.24) is 9.71 Å². The third-order valence-corrected chi connectivity index (χ3v) is 3.42. The Hall–Kier alpha value is -1.49. The van der Waals surface area contributed by atoms with Crippen LogP contribution in [0, 0.1) is 11.3 Å². The molecular weight excluding hydrogens is 242 g/mol. The number of hydrogen-bond donors (Lipinski definition) is 1. The molecule has 0 atom stereocenters. The summed E-state index contributed by atoms with van der Waals surface area (Å²) in [6.07, 6.45) is 1.76. The molecule has 1 rings (SSSR count). The van der Waals surface area contributed by atoms with Crippen LogP contribution in [-0.4, -0.2) is 33.7 Å². The lowest BCUT2D eigenvalue weighted by molar-refractivity contribution is 0.196. The zero-order valence-electron chi connectivity index (χ0n) is 9.38. The van der Waals surface area contributed by atoms with Crippen molar-refractivity contribution in [2.24, 2.45) is 0 Å². The third kappa shape index (κ3) is 4.11. The number of aromatic nitrogens is 1. The van der Waals surface area contributed by atoms with Crippen LogP contribution in [0.15, 0.2) is 23.2 Å². The van der Waals surface area contributed by atoms with Gasteiger partial charge in [0, 0.05) is 26.5 Å². The van der Waals surface area contributed by atoms with Crippen LogP contribution in [0.1, 0.15) is 12.1 Å². The highest BCUT2D eigenvalue weighted by Gasteiger charge is 2.13. The van der Waals surface area contributed by atoms with E-state index in [9.17, 15) is 8.42 Å². The van der Waals surface area contributed by atoms with Gasteiger partial charge in [0.2, 0.25) is 10.0 Å². The van der Waals surface area contributed by atoms with E-state index in [1.165, 1.54) is 12.1 Å². The molecule has 1 N–H and O–H groups in total. The van der Waals surface area contributed by atoms with Gasteiger partial charge in [0.15, 0.2) is 0 Å². The molecule has 1 aromatic heterocycles. The number of rotatable bonds is 6. The van der Waals surface area contributed by atoms with Crippen molar-refractivity contribution in [3.63, 3.8) is 0 Å². The Labute approximate surface area is 100 Å². The molecule has 6 nitrogen and oxygen atoms in total. The van der Waals surface area contributed by atoms with Crippen molar-refractivity contribution in [2.45, 2.75) is 11.3 Å². The predicted octanol–water partition coefficient (Wildman–Crippen LogP) is 0.268. The number of pyridine rings is 1. The first-order valence-corrected chi connectivity index (χ1v) is 6.43. The number of methoxy groups -OCH3 is 1. The topological polar surface area (TPSA) is 92.1 Å². The zero-order chi connectivity index (χ0) is 12.7. The molecule has 0 fully saturated rings. The van der Waals surface area contributed by atoms with Crippen molar-refractivity contribution in [3.05, 3.63) is 24.0 Å². The number of ether oxygens (including phenoxy) is 1. The number of sulfonamides is 1. The summed E-state index contributed by atoms with van der Waals surface area (Å²) in [6.45, 7) is 0.796. The van der Waals surface area contributed by atoms with E-state index in [1.54, 1.807) is 7.11 Å². The zero-order valence-corrected chi connectivity index (χ0v) is 10.2. The molecule has 1 heterocycles. The van der Waals surface area contributed by atoms with Crippen molar-refractivity contribution >= 4 is 10.0 Å². The monoisotopic (exact) mass is 255 g/mol. The van der Waals surface area contributed by atoms with Crippen molar-refractivity contribution in [3.8, 4) is 6.07 Å². The quantitative estimate of drug-likeness (QED) is 0.736. The van der Waals surface area contributed by atoms with Gasteiger partial charge in [-0.2, -0.15) is 5.26 Å². The fraction of sp³-hybridized carbons (Fsp3) is 0.400. The van der Waals surface area contributed by atoms with E-state index in [2.05, 4.69) is 9.71 Å². The maximum Gasteiger partial charge on any atom is 0.242 e. The van der Waals surface area contributed by atoms with E-state index in [0.717, 1.165) is 6.20 Å². The molecular formula is C10H13N3O3S. The number of nitriles is 1. The molecule has 0 unspecified atom stereocenters. The number of hydrogen-bond acceptors (Lipinski definition) is 5. The van der Waals surface area contributed by atoms with Crippen LogP contribution in [-0.2, 0) is 14.8 Å². The van der Waals surface area contributed by atoms with Gasteiger partial charge in [-0.25, -0.2) is 18.1 Å². The summed E-state index contributed by atoms with van der Waals surface area (Å²) >= 11 is 0. The van der Waals surface area contributed by atoms with Crippen LogP contribution < -0.4 is 4.72 Å². The second-order valence-corrected chi connectivity index (χ2v) is 5.00.